The van der Waals surface area contributed by atoms with Crippen molar-refractivity contribution in [3.8, 4) is 0 Å². The summed E-state index contributed by atoms with van der Waals surface area (Å²) >= 11 is 1.56. The van der Waals surface area contributed by atoms with Gasteiger partial charge in [0, 0.05) is 35.9 Å². The number of nitro groups is 1. The van der Waals surface area contributed by atoms with Gasteiger partial charge in [-0.05, 0) is 12.1 Å². The Morgan fingerprint density at radius 3 is 2.62 bits per heavy atom. The van der Waals surface area contributed by atoms with E-state index in [-0.39, 0.29) is 11.7 Å². The van der Waals surface area contributed by atoms with Gasteiger partial charge in [-0.15, -0.1) is 11.8 Å². The summed E-state index contributed by atoms with van der Waals surface area (Å²) in [7, 11) is 1.61. The van der Waals surface area contributed by atoms with Gasteiger partial charge < -0.3 is 10.5 Å². The molecule has 0 aliphatic rings. The van der Waals surface area contributed by atoms with E-state index in [1.807, 2.05) is 0 Å². The summed E-state index contributed by atoms with van der Waals surface area (Å²) in [4.78, 5) is 11.0. The summed E-state index contributed by atoms with van der Waals surface area (Å²) < 4.78 is 4.91. The maximum atomic E-state index is 10.4. The van der Waals surface area contributed by atoms with Crippen LogP contribution >= 0.6 is 11.8 Å². The maximum Gasteiger partial charge on any atom is 0.269 e. The van der Waals surface area contributed by atoms with Crippen LogP contribution in [0, 0.1) is 10.1 Å². The number of methoxy groups -OCH3 is 1. The molecule has 1 atom stereocenters. The van der Waals surface area contributed by atoms with E-state index in [9.17, 15) is 10.1 Å². The lowest BCUT2D eigenvalue weighted by Gasteiger charge is -2.09. The third-order valence-corrected chi connectivity index (χ3v) is 3.09. The fourth-order valence-electron chi connectivity index (χ4n) is 1.13. The Bertz CT molecular complexity index is 342. The number of thioether (sulfide) groups is 1. The highest BCUT2D eigenvalue weighted by atomic mass is 32.2. The molecule has 6 heteroatoms. The van der Waals surface area contributed by atoms with Crippen molar-refractivity contribution >= 4 is 17.4 Å². The molecule has 0 bridgehead atoms. The van der Waals surface area contributed by atoms with E-state index in [4.69, 9.17) is 10.5 Å². The van der Waals surface area contributed by atoms with Gasteiger partial charge in [-0.3, -0.25) is 10.1 Å². The quantitative estimate of drug-likeness (QED) is 0.466. The van der Waals surface area contributed by atoms with Crippen molar-refractivity contribution in [2.45, 2.75) is 10.9 Å². The van der Waals surface area contributed by atoms with Gasteiger partial charge >= 0.3 is 0 Å². The molecule has 2 N–H and O–H groups in total. The highest BCUT2D eigenvalue weighted by Crippen LogP contribution is 2.21. The Morgan fingerprint density at radius 2 is 2.12 bits per heavy atom. The van der Waals surface area contributed by atoms with Crippen LogP contribution in [-0.4, -0.2) is 30.4 Å². The maximum absolute atomic E-state index is 10.4. The van der Waals surface area contributed by atoms with Crippen molar-refractivity contribution in [2.75, 3.05) is 19.5 Å². The number of non-ortho nitro benzene ring substituents is 1. The van der Waals surface area contributed by atoms with Crippen LogP contribution < -0.4 is 5.73 Å². The zero-order valence-corrected chi connectivity index (χ0v) is 9.78. The van der Waals surface area contributed by atoms with Gasteiger partial charge in [0.2, 0.25) is 0 Å². The van der Waals surface area contributed by atoms with Crippen LogP contribution in [0.5, 0.6) is 0 Å². The monoisotopic (exact) mass is 242 g/mol. The average Bonchev–Trinajstić information content (AvgIpc) is 2.27. The topological polar surface area (TPSA) is 78.4 Å². The summed E-state index contributed by atoms with van der Waals surface area (Å²) in [5, 5.41) is 10.4. The zero-order chi connectivity index (χ0) is 12.0. The van der Waals surface area contributed by atoms with Gasteiger partial charge in [0.1, 0.15) is 0 Å². The Labute approximate surface area is 98.1 Å². The first-order valence-electron chi connectivity index (χ1n) is 4.75. The standard InChI is InChI=1S/C10H14N2O3S/c1-15-6-8(11)7-16-10-4-2-9(3-5-10)12(13)14/h2-5,8H,6-7,11H2,1H3. The summed E-state index contributed by atoms with van der Waals surface area (Å²) in [6.45, 7) is 0.514. The second-order valence-electron chi connectivity index (χ2n) is 3.28. The van der Waals surface area contributed by atoms with Crippen LogP contribution in [0.25, 0.3) is 0 Å². The van der Waals surface area contributed by atoms with Gasteiger partial charge in [0.25, 0.3) is 5.69 Å². The van der Waals surface area contributed by atoms with Crippen LogP contribution in [0.4, 0.5) is 5.69 Å². The fourth-order valence-corrected chi connectivity index (χ4v) is 1.96. The number of hydrogen-bond acceptors (Lipinski definition) is 5. The number of rotatable bonds is 6. The molecule has 0 aliphatic heterocycles. The van der Waals surface area contributed by atoms with E-state index >= 15 is 0 Å². The van der Waals surface area contributed by atoms with Crippen molar-refractivity contribution in [2.24, 2.45) is 5.73 Å². The molecular formula is C10H14N2O3S. The summed E-state index contributed by atoms with van der Waals surface area (Å²) in [6.07, 6.45) is 0. The predicted molar refractivity (Wildman–Crippen MR) is 63.7 cm³/mol. The van der Waals surface area contributed by atoms with Crippen LogP contribution in [0.1, 0.15) is 0 Å². The number of nitrogens with two attached hydrogens (primary N) is 1. The Kier molecular flexibility index (Phi) is 5.24. The molecule has 1 unspecified atom stereocenters. The molecule has 0 fully saturated rings. The molecule has 0 spiro atoms. The third kappa shape index (κ3) is 4.18. The molecule has 5 nitrogen and oxygen atoms in total. The first-order chi connectivity index (χ1) is 7.63. The smallest absolute Gasteiger partial charge is 0.269 e. The lowest BCUT2D eigenvalue weighted by molar-refractivity contribution is -0.384. The van der Waals surface area contributed by atoms with Gasteiger partial charge in [-0.25, -0.2) is 0 Å². The molecule has 0 saturated heterocycles. The summed E-state index contributed by atoms with van der Waals surface area (Å²) in [5.41, 5.74) is 5.86. The number of hydrogen-bond donors (Lipinski definition) is 1. The highest BCUT2D eigenvalue weighted by molar-refractivity contribution is 7.99. The average molecular weight is 242 g/mol. The van der Waals surface area contributed by atoms with Crippen LogP contribution in [0.2, 0.25) is 0 Å². The first-order valence-corrected chi connectivity index (χ1v) is 5.74. The number of ether oxygens (including phenoxy) is 1. The largest absolute Gasteiger partial charge is 0.383 e. The lowest BCUT2D eigenvalue weighted by Crippen LogP contribution is -2.27. The summed E-state index contributed by atoms with van der Waals surface area (Å²) in [5.74, 6) is 0.728. The molecule has 0 radical (unpaired) electrons. The van der Waals surface area contributed by atoms with Crippen LogP contribution in [0.15, 0.2) is 29.2 Å². The van der Waals surface area contributed by atoms with E-state index < -0.39 is 4.92 Å². The molecule has 0 aliphatic carbocycles. The van der Waals surface area contributed by atoms with Crippen molar-refractivity contribution in [3.05, 3.63) is 34.4 Å². The molecule has 1 aromatic rings. The SMILES string of the molecule is COCC(N)CSc1ccc([N+](=O)[O-])cc1. The van der Waals surface area contributed by atoms with Crippen molar-refractivity contribution < 1.29 is 9.66 Å². The number of benzene rings is 1. The fraction of sp³-hybridized carbons (Fsp3) is 0.400. The molecule has 16 heavy (non-hydrogen) atoms. The summed E-state index contributed by atoms with van der Waals surface area (Å²) in [6, 6.07) is 6.41. The molecule has 0 amide bonds. The molecule has 0 heterocycles. The molecule has 1 aromatic carbocycles. The third-order valence-electron chi connectivity index (χ3n) is 1.89. The van der Waals surface area contributed by atoms with Gasteiger partial charge in [-0.2, -0.15) is 0 Å². The Morgan fingerprint density at radius 1 is 1.50 bits per heavy atom. The second-order valence-corrected chi connectivity index (χ2v) is 4.37. The van der Waals surface area contributed by atoms with Gasteiger partial charge in [0.15, 0.2) is 0 Å². The normalized spacial score (nSPS) is 12.4. The minimum atomic E-state index is -0.412. The van der Waals surface area contributed by atoms with Crippen LogP contribution in [-0.2, 0) is 4.74 Å². The second kappa shape index (κ2) is 6.47. The molecule has 0 aromatic heterocycles. The van der Waals surface area contributed by atoms with Gasteiger partial charge in [-0.1, -0.05) is 0 Å². The number of nitro benzene ring substituents is 1. The van der Waals surface area contributed by atoms with E-state index in [1.54, 1.807) is 31.0 Å². The van der Waals surface area contributed by atoms with Crippen molar-refractivity contribution in [3.63, 3.8) is 0 Å². The zero-order valence-electron chi connectivity index (χ0n) is 8.96. The molecule has 0 saturated carbocycles. The highest BCUT2D eigenvalue weighted by Gasteiger charge is 2.06. The Balaban J connectivity index is 2.46. The van der Waals surface area contributed by atoms with Crippen LogP contribution in [0.3, 0.4) is 0 Å². The lowest BCUT2D eigenvalue weighted by atomic mass is 10.3. The van der Waals surface area contributed by atoms with Gasteiger partial charge in [0.05, 0.1) is 11.5 Å². The molecular weight excluding hydrogens is 228 g/mol. The van der Waals surface area contributed by atoms with Crippen molar-refractivity contribution in [1.29, 1.82) is 0 Å². The minimum absolute atomic E-state index is 0.0230. The molecule has 1 rings (SSSR count). The Hall–Kier alpha value is -1.11. The van der Waals surface area contributed by atoms with E-state index in [0.717, 1.165) is 10.6 Å². The first kappa shape index (κ1) is 13.0. The van der Waals surface area contributed by atoms with Crippen molar-refractivity contribution in [1.82, 2.24) is 0 Å². The van der Waals surface area contributed by atoms with E-state index in [2.05, 4.69) is 0 Å². The minimum Gasteiger partial charge on any atom is -0.383 e. The van der Waals surface area contributed by atoms with E-state index in [0.29, 0.717) is 6.61 Å². The predicted octanol–water partition coefficient (Wildman–Crippen LogP) is 1.66. The van der Waals surface area contributed by atoms with E-state index in [1.165, 1.54) is 12.1 Å². The molecule has 88 valence electrons. The number of nitrogens with zero attached hydrogens (tertiary/aromatic N) is 1.